The highest BCUT2D eigenvalue weighted by Crippen LogP contribution is 2.67. The molecule has 1 saturated heterocycles. The van der Waals surface area contributed by atoms with Gasteiger partial charge in [-0.1, -0.05) is 91.0 Å². The van der Waals surface area contributed by atoms with Gasteiger partial charge in [0.25, 0.3) is 11.8 Å². The van der Waals surface area contributed by atoms with Crippen molar-refractivity contribution >= 4 is 11.8 Å². The number of hydrogen-bond donors (Lipinski definition) is 0. The van der Waals surface area contributed by atoms with Gasteiger partial charge in [0.2, 0.25) is 0 Å². The van der Waals surface area contributed by atoms with Crippen LogP contribution in [0.3, 0.4) is 0 Å². The zero-order valence-electron chi connectivity index (χ0n) is 18.0. The average molecular weight is 424 g/mol. The first-order valence-corrected chi connectivity index (χ1v) is 11.0. The molecule has 2 aliphatic rings. The first kappa shape index (κ1) is 20.4. The molecule has 5 rings (SSSR count). The molecule has 0 saturated carbocycles. The molecule has 1 unspecified atom stereocenters. The Balaban J connectivity index is 1.52. The lowest BCUT2D eigenvalue weighted by Crippen LogP contribution is -2.33. The number of rotatable bonds is 7. The Kier molecular flexibility index (Phi) is 5.03. The van der Waals surface area contributed by atoms with Gasteiger partial charge >= 0.3 is 0 Å². The normalized spacial score (nSPS) is 21.5. The number of benzene rings is 3. The topological polar surface area (TPSA) is 49.9 Å². The summed E-state index contributed by atoms with van der Waals surface area (Å²) in [6, 6.07) is 30.9. The minimum absolute atomic E-state index is 0.196. The summed E-state index contributed by atoms with van der Waals surface area (Å²) in [7, 11) is 0. The molecule has 2 aliphatic heterocycles. The molecule has 0 radical (unpaired) electrons. The van der Waals surface area contributed by atoms with E-state index in [1.807, 2.05) is 54.6 Å². The highest BCUT2D eigenvalue weighted by atomic mass is 16.6. The van der Waals surface area contributed by atoms with Gasteiger partial charge in [0, 0.05) is 18.2 Å². The van der Waals surface area contributed by atoms with Crippen molar-refractivity contribution in [1.82, 2.24) is 4.90 Å². The van der Waals surface area contributed by atoms with Gasteiger partial charge in [0.1, 0.15) is 5.60 Å². The van der Waals surface area contributed by atoms with Crippen LogP contribution in [-0.2, 0) is 25.5 Å². The van der Waals surface area contributed by atoms with Crippen LogP contribution in [0.2, 0.25) is 0 Å². The van der Waals surface area contributed by atoms with Crippen molar-refractivity contribution in [2.75, 3.05) is 6.54 Å². The van der Waals surface area contributed by atoms with Crippen molar-refractivity contribution in [1.29, 1.82) is 0 Å². The maximum Gasteiger partial charge on any atom is 0.256 e. The fourth-order valence-corrected chi connectivity index (χ4v) is 5.01. The summed E-state index contributed by atoms with van der Waals surface area (Å²) < 4.78 is 6.79. The molecule has 4 nitrogen and oxygen atoms in total. The third kappa shape index (κ3) is 3.10. The Morgan fingerprint density at radius 1 is 0.750 bits per heavy atom. The number of carbonyl (C=O) groups excluding carboxylic acids is 2. The third-order valence-electron chi connectivity index (χ3n) is 6.55. The summed E-state index contributed by atoms with van der Waals surface area (Å²) in [6.07, 6.45) is 2.74. The standard InChI is InChI=1S/C28H25NO3/c1-21-20-25(30)29(26(21)31)19-11-18-27(22-12-5-2-6-13-22)28(32-27,23-14-7-3-8-15-23)24-16-9-4-10-17-24/h2-10,12-17,20H,11,18-19H2,1H3. The predicted molar refractivity (Wildman–Crippen MR) is 123 cm³/mol. The Bertz CT molecular complexity index is 1130. The molecule has 1 atom stereocenters. The van der Waals surface area contributed by atoms with E-state index in [1.165, 1.54) is 11.0 Å². The van der Waals surface area contributed by atoms with E-state index in [0.29, 0.717) is 25.0 Å². The molecule has 2 amide bonds. The number of epoxide rings is 1. The van der Waals surface area contributed by atoms with Crippen LogP contribution in [0.25, 0.3) is 0 Å². The van der Waals surface area contributed by atoms with E-state index in [0.717, 1.165) is 16.7 Å². The monoisotopic (exact) mass is 423 g/mol. The molecule has 160 valence electrons. The molecule has 4 heteroatoms. The Labute approximate surface area is 188 Å². The van der Waals surface area contributed by atoms with E-state index < -0.39 is 11.2 Å². The van der Waals surface area contributed by atoms with Crippen LogP contribution in [0.1, 0.15) is 36.5 Å². The average Bonchev–Trinajstić information content (AvgIpc) is 3.47. The maximum atomic E-state index is 12.3. The SMILES string of the molecule is CC1=CC(=O)N(CCCC2(c3ccccc3)OC2(c2ccccc2)c2ccccc2)C1=O. The van der Waals surface area contributed by atoms with Crippen LogP contribution in [0.4, 0.5) is 0 Å². The quantitative estimate of drug-likeness (QED) is 0.399. The highest BCUT2D eigenvalue weighted by Gasteiger charge is 2.71. The van der Waals surface area contributed by atoms with E-state index >= 15 is 0 Å². The zero-order chi connectivity index (χ0) is 22.2. The lowest BCUT2D eigenvalue weighted by atomic mass is 9.75. The lowest BCUT2D eigenvalue weighted by molar-refractivity contribution is -0.137. The highest BCUT2D eigenvalue weighted by molar-refractivity contribution is 6.15. The van der Waals surface area contributed by atoms with E-state index in [1.54, 1.807) is 6.92 Å². The second-order valence-corrected chi connectivity index (χ2v) is 8.43. The number of ether oxygens (including phenoxy) is 1. The summed E-state index contributed by atoms with van der Waals surface area (Å²) in [5.41, 5.74) is 2.59. The molecule has 0 aliphatic carbocycles. The summed E-state index contributed by atoms with van der Waals surface area (Å²) >= 11 is 0. The van der Waals surface area contributed by atoms with Crippen molar-refractivity contribution in [3.8, 4) is 0 Å². The smallest absolute Gasteiger partial charge is 0.256 e. The molecule has 3 aromatic rings. The van der Waals surface area contributed by atoms with Crippen LogP contribution in [0, 0.1) is 0 Å². The van der Waals surface area contributed by atoms with Gasteiger partial charge in [-0.15, -0.1) is 0 Å². The molecule has 0 spiro atoms. The Morgan fingerprint density at radius 3 is 1.72 bits per heavy atom. The Hall–Kier alpha value is -3.50. The Morgan fingerprint density at radius 2 is 1.25 bits per heavy atom. The molecule has 32 heavy (non-hydrogen) atoms. The minimum atomic E-state index is -0.621. The largest absolute Gasteiger partial charge is 0.347 e. The predicted octanol–water partition coefficient (Wildman–Crippen LogP) is 4.95. The van der Waals surface area contributed by atoms with Gasteiger partial charge < -0.3 is 4.74 Å². The van der Waals surface area contributed by atoms with Gasteiger partial charge in [-0.3, -0.25) is 14.5 Å². The number of carbonyl (C=O) groups is 2. The molecule has 2 heterocycles. The number of hydrogen-bond acceptors (Lipinski definition) is 3. The third-order valence-corrected chi connectivity index (χ3v) is 6.55. The zero-order valence-corrected chi connectivity index (χ0v) is 18.0. The van der Waals surface area contributed by atoms with Crippen LogP contribution >= 0.6 is 0 Å². The first-order valence-electron chi connectivity index (χ1n) is 11.0. The second-order valence-electron chi connectivity index (χ2n) is 8.43. The van der Waals surface area contributed by atoms with Crippen molar-refractivity contribution in [3.63, 3.8) is 0 Å². The number of amides is 2. The second kappa shape index (κ2) is 7.88. The van der Waals surface area contributed by atoms with Crippen LogP contribution in [0.15, 0.2) is 103 Å². The summed E-state index contributed by atoms with van der Waals surface area (Å²) in [5, 5.41) is 0. The van der Waals surface area contributed by atoms with Crippen molar-refractivity contribution in [3.05, 3.63) is 119 Å². The molecule has 0 N–H and O–H groups in total. The van der Waals surface area contributed by atoms with E-state index in [-0.39, 0.29) is 11.8 Å². The van der Waals surface area contributed by atoms with Crippen molar-refractivity contribution in [2.45, 2.75) is 31.0 Å². The number of nitrogens with zero attached hydrogens (tertiary/aromatic N) is 1. The van der Waals surface area contributed by atoms with Gasteiger partial charge in [-0.25, -0.2) is 0 Å². The number of imide groups is 1. The van der Waals surface area contributed by atoms with Crippen molar-refractivity contribution in [2.24, 2.45) is 0 Å². The lowest BCUT2D eigenvalue weighted by Gasteiger charge is -2.23. The van der Waals surface area contributed by atoms with Gasteiger partial charge in [-0.05, 0) is 36.5 Å². The van der Waals surface area contributed by atoms with Gasteiger partial charge in [0.15, 0.2) is 5.60 Å². The van der Waals surface area contributed by atoms with Crippen LogP contribution < -0.4 is 0 Å². The van der Waals surface area contributed by atoms with Gasteiger partial charge in [-0.2, -0.15) is 0 Å². The first-order chi connectivity index (χ1) is 15.6. The maximum absolute atomic E-state index is 12.3. The molecule has 3 aromatic carbocycles. The van der Waals surface area contributed by atoms with E-state index in [4.69, 9.17) is 4.74 Å². The fraction of sp³-hybridized carbons (Fsp3) is 0.214. The van der Waals surface area contributed by atoms with Crippen LogP contribution in [-0.4, -0.2) is 23.3 Å². The van der Waals surface area contributed by atoms with Crippen LogP contribution in [0.5, 0.6) is 0 Å². The van der Waals surface area contributed by atoms with E-state index in [2.05, 4.69) is 36.4 Å². The molecular weight excluding hydrogens is 398 g/mol. The summed E-state index contributed by atoms with van der Waals surface area (Å²) in [5.74, 6) is -0.423. The molecule has 1 fully saturated rings. The fourth-order valence-electron chi connectivity index (χ4n) is 5.01. The van der Waals surface area contributed by atoms with Gasteiger partial charge in [0.05, 0.1) is 0 Å². The van der Waals surface area contributed by atoms with E-state index in [9.17, 15) is 9.59 Å². The van der Waals surface area contributed by atoms with Crippen molar-refractivity contribution < 1.29 is 14.3 Å². The minimum Gasteiger partial charge on any atom is -0.347 e. The summed E-state index contributed by atoms with van der Waals surface area (Å²) in [6.45, 7) is 2.06. The summed E-state index contributed by atoms with van der Waals surface area (Å²) in [4.78, 5) is 25.9. The molecular formula is C28H25NO3. The molecule has 0 aromatic heterocycles. The molecule has 0 bridgehead atoms.